The summed E-state index contributed by atoms with van der Waals surface area (Å²) in [5.74, 6) is 0.140. The maximum atomic E-state index is 9.93. The number of halogens is 1. The molecule has 0 spiro atoms. The Hall–Kier alpha value is -2.30. The van der Waals surface area contributed by atoms with E-state index in [1.54, 1.807) is 6.07 Å². The van der Waals surface area contributed by atoms with Crippen molar-refractivity contribution in [2.45, 2.75) is 44.7 Å². The highest BCUT2D eigenvalue weighted by Crippen LogP contribution is 2.35. The van der Waals surface area contributed by atoms with Crippen LogP contribution in [-0.4, -0.2) is 22.2 Å². The van der Waals surface area contributed by atoms with E-state index in [-0.39, 0.29) is 5.75 Å². The van der Waals surface area contributed by atoms with Crippen LogP contribution < -0.4 is 11.1 Å². The van der Waals surface area contributed by atoms with Gasteiger partial charge < -0.3 is 16.2 Å². The zero-order chi connectivity index (χ0) is 19.0. The van der Waals surface area contributed by atoms with E-state index in [2.05, 4.69) is 16.4 Å². The Kier molecular flexibility index (Phi) is 4.94. The molecule has 4 N–H and O–H groups in total. The van der Waals surface area contributed by atoms with E-state index in [1.807, 2.05) is 37.4 Å². The van der Waals surface area contributed by atoms with Crippen molar-refractivity contribution in [3.63, 3.8) is 0 Å². The minimum atomic E-state index is 0.140. The molecule has 0 radical (unpaired) electrons. The summed E-state index contributed by atoms with van der Waals surface area (Å²) in [4.78, 5) is 4.50. The van der Waals surface area contributed by atoms with E-state index >= 15 is 0 Å². The molecule has 1 fully saturated rings. The van der Waals surface area contributed by atoms with Gasteiger partial charge in [0.05, 0.1) is 10.5 Å². The number of hydrogen-bond acceptors (Lipinski definition) is 4. The number of pyridine rings is 1. The summed E-state index contributed by atoms with van der Waals surface area (Å²) < 4.78 is 0. The third-order valence-corrected chi connectivity index (χ3v) is 5.75. The van der Waals surface area contributed by atoms with Crippen LogP contribution >= 0.6 is 11.6 Å². The van der Waals surface area contributed by atoms with E-state index in [0.29, 0.717) is 17.1 Å². The van der Waals surface area contributed by atoms with E-state index in [9.17, 15) is 5.11 Å². The molecule has 1 aliphatic carbocycles. The molecule has 1 aliphatic rings. The molecule has 1 aromatic heterocycles. The van der Waals surface area contributed by atoms with Gasteiger partial charge in [-0.05, 0) is 79.6 Å². The van der Waals surface area contributed by atoms with Crippen LogP contribution in [0.3, 0.4) is 0 Å². The highest BCUT2D eigenvalue weighted by molar-refractivity contribution is 6.32. The first-order chi connectivity index (χ1) is 13.0. The Bertz CT molecular complexity index is 957. The van der Waals surface area contributed by atoms with Crippen molar-refractivity contribution in [2.75, 3.05) is 5.32 Å². The number of fused-ring (bicyclic) bond motifs is 1. The summed E-state index contributed by atoms with van der Waals surface area (Å²) in [6.07, 6.45) is 6.17. The maximum absolute atomic E-state index is 9.93. The molecule has 0 unspecified atom stereocenters. The van der Waals surface area contributed by atoms with Gasteiger partial charge in [0, 0.05) is 29.4 Å². The monoisotopic (exact) mass is 381 g/mol. The number of benzene rings is 2. The standard InChI is InChI=1S/C22H24ClN3O/c1-13-10-15(12-19(23)22(13)27)14-2-7-20-18(11-14)21(8-9-25-20)26-17-5-3-16(24)4-6-17/h2,7-12,16-17,27H,3-6,24H2,1H3,(H,25,26). The lowest BCUT2D eigenvalue weighted by molar-refractivity contribution is 0.411. The lowest BCUT2D eigenvalue weighted by atomic mass is 9.91. The number of rotatable bonds is 3. The smallest absolute Gasteiger partial charge is 0.137 e. The zero-order valence-electron chi connectivity index (χ0n) is 15.4. The zero-order valence-corrected chi connectivity index (χ0v) is 16.1. The minimum Gasteiger partial charge on any atom is -0.506 e. The van der Waals surface area contributed by atoms with Gasteiger partial charge in [-0.2, -0.15) is 0 Å². The lowest BCUT2D eigenvalue weighted by Gasteiger charge is -2.28. The van der Waals surface area contributed by atoms with Gasteiger partial charge in [0.1, 0.15) is 5.75 Å². The summed E-state index contributed by atoms with van der Waals surface area (Å²) in [5.41, 5.74) is 10.9. The van der Waals surface area contributed by atoms with E-state index in [4.69, 9.17) is 17.3 Å². The number of phenolic OH excluding ortho intramolecular Hbond substituents is 1. The number of nitrogens with one attached hydrogen (secondary N) is 1. The van der Waals surface area contributed by atoms with Gasteiger partial charge in [0.2, 0.25) is 0 Å². The van der Waals surface area contributed by atoms with Gasteiger partial charge in [-0.15, -0.1) is 0 Å². The van der Waals surface area contributed by atoms with Gasteiger partial charge in [-0.1, -0.05) is 17.7 Å². The normalized spacial score (nSPS) is 20.0. The second-order valence-electron chi connectivity index (χ2n) is 7.47. The number of nitrogens with two attached hydrogens (primary N) is 1. The molecule has 4 nitrogen and oxygen atoms in total. The average molecular weight is 382 g/mol. The molecule has 2 aromatic carbocycles. The van der Waals surface area contributed by atoms with Crippen molar-refractivity contribution in [3.05, 3.63) is 53.2 Å². The second kappa shape index (κ2) is 7.37. The first-order valence-corrected chi connectivity index (χ1v) is 9.79. The van der Waals surface area contributed by atoms with Gasteiger partial charge in [-0.3, -0.25) is 4.98 Å². The number of nitrogens with zero attached hydrogens (tertiary/aromatic N) is 1. The molecule has 3 aromatic rings. The van der Waals surface area contributed by atoms with E-state index in [1.165, 1.54) is 0 Å². The van der Waals surface area contributed by atoms with E-state index < -0.39 is 0 Å². The Labute approximate surface area is 164 Å². The number of hydrogen-bond donors (Lipinski definition) is 3. The number of aromatic hydroxyl groups is 1. The van der Waals surface area contributed by atoms with Gasteiger partial charge in [-0.25, -0.2) is 0 Å². The van der Waals surface area contributed by atoms with Crippen LogP contribution in [0.4, 0.5) is 5.69 Å². The largest absolute Gasteiger partial charge is 0.506 e. The Morgan fingerprint density at radius 2 is 1.85 bits per heavy atom. The third-order valence-electron chi connectivity index (χ3n) is 5.46. The molecule has 1 heterocycles. The summed E-state index contributed by atoms with van der Waals surface area (Å²) in [6.45, 7) is 1.86. The molecule has 140 valence electrons. The van der Waals surface area contributed by atoms with Crippen molar-refractivity contribution in [1.29, 1.82) is 0 Å². The van der Waals surface area contributed by atoms with E-state index in [0.717, 1.165) is 59.0 Å². The van der Waals surface area contributed by atoms with Crippen molar-refractivity contribution in [1.82, 2.24) is 4.98 Å². The van der Waals surface area contributed by atoms with Crippen LogP contribution in [0.15, 0.2) is 42.6 Å². The molecule has 0 saturated heterocycles. The van der Waals surface area contributed by atoms with Gasteiger partial charge >= 0.3 is 0 Å². The molecule has 5 heteroatoms. The molecule has 0 amide bonds. The molecule has 4 rings (SSSR count). The van der Waals surface area contributed by atoms with Crippen molar-refractivity contribution in [3.8, 4) is 16.9 Å². The van der Waals surface area contributed by atoms with Gasteiger partial charge in [0.25, 0.3) is 0 Å². The van der Waals surface area contributed by atoms with Crippen molar-refractivity contribution < 1.29 is 5.11 Å². The SMILES string of the molecule is Cc1cc(-c2ccc3nccc(NC4CCC(N)CC4)c3c2)cc(Cl)c1O. The summed E-state index contributed by atoms with van der Waals surface area (Å²) in [6, 6.07) is 12.8. The lowest BCUT2D eigenvalue weighted by Crippen LogP contribution is -2.32. The Morgan fingerprint density at radius 1 is 1.07 bits per heavy atom. The molecule has 1 saturated carbocycles. The first-order valence-electron chi connectivity index (χ1n) is 9.41. The van der Waals surface area contributed by atoms with Crippen LogP contribution in [-0.2, 0) is 0 Å². The number of anilines is 1. The summed E-state index contributed by atoms with van der Waals surface area (Å²) in [5, 5.41) is 15.1. The van der Waals surface area contributed by atoms with Crippen molar-refractivity contribution >= 4 is 28.2 Å². The molecule has 27 heavy (non-hydrogen) atoms. The maximum Gasteiger partial charge on any atom is 0.137 e. The fraction of sp³-hybridized carbons (Fsp3) is 0.318. The van der Waals surface area contributed by atoms with Crippen molar-refractivity contribution in [2.24, 2.45) is 5.73 Å². The Balaban J connectivity index is 1.71. The minimum absolute atomic E-state index is 0.140. The molecule has 0 aliphatic heterocycles. The second-order valence-corrected chi connectivity index (χ2v) is 7.88. The summed E-state index contributed by atoms with van der Waals surface area (Å²) >= 11 is 6.17. The van der Waals surface area contributed by atoms with Crippen LogP contribution in [0.25, 0.3) is 22.0 Å². The average Bonchev–Trinajstić information content (AvgIpc) is 2.67. The van der Waals surface area contributed by atoms with Gasteiger partial charge in [0.15, 0.2) is 0 Å². The first kappa shape index (κ1) is 18.1. The highest BCUT2D eigenvalue weighted by Gasteiger charge is 2.19. The Morgan fingerprint density at radius 3 is 2.59 bits per heavy atom. The third kappa shape index (κ3) is 3.73. The van der Waals surface area contributed by atoms with Crippen LogP contribution in [0, 0.1) is 6.92 Å². The quantitative estimate of drug-likeness (QED) is 0.579. The summed E-state index contributed by atoms with van der Waals surface area (Å²) in [7, 11) is 0. The predicted octanol–water partition coefficient (Wildman–Crippen LogP) is 5.25. The van der Waals surface area contributed by atoms with Crippen LogP contribution in [0.5, 0.6) is 5.75 Å². The molecule has 0 bridgehead atoms. The van der Waals surface area contributed by atoms with Crippen LogP contribution in [0.1, 0.15) is 31.2 Å². The molecular formula is C22H24ClN3O. The number of aromatic nitrogens is 1. The predicted molar refractivity (Wildman–Crippen MR) is 112 cm³/mol. The fourth-order valence-corrected chi connectivity index (χ4v) is 4.10. The fourth-order valence-electron chi connectivity index (χ4n) is 3.84. The van der Waals surface area contributed by atoms with Crippen LogP contribution in [0.2, 0.25) is 5.02 Å². The topological polar surface area (TPSA) is 71.2 Å². The molecular weight excluding hydrogens is 358 g/mol. The highest BCUT2D eigenvalue weighted by atomic mass is 35.5. The number of aryl methyl sites for hydroxylation is 1. The molecule has 0 atom stereocenters. The number of phenols is 1.